The van der Waals surface area contributed by atoms with Crippen LogP contribution in [-0.2, 0) is 41.6 Å². The lowest BCUT2D eigenvalue weighted by Crippen LogP contribution is -2.29. The smallest absolute Gasteiger partial charge is 0.306 e. The quantitative estimate of drug-likeness (QED) is 0.0263. The summed E-state index contributed by atoms with van der Waals surface area (Å²) in [6, 6.07) is 22.1. The summed E-state index contributed by atoms with van der Waals surface area (Å²) in [4.78, 5) is 72.3. The molecular weight excluding hydrogens is 1200 g/mol. The number of unbranched alkanes of at least 4 members (excludes halogenated alkanes) is 4. The van der Waals surface area contributed by atoms with Crippen molar-refractivity contribution in [3.63, 3.8) is 0 Å². The van der Waals surface area contributed by atoms with Crippen LogP contribution in [0.3, 0.4) is 0 Å². The molecule has 0 saturated heterocycles. The Balaban J connectivity index is 0.000000223. The molecule has 3 aromatic heterocycles. The summed E-state index contributed by atoms with van der Waals surface area (Å²) in [7, 11) is 0. The summed E-state index contributed by atoms with van der Waals surface area (Å²) >= 11 is 17.8. The molecule has 7 aromatic rings. The molecule has 89 heavy (non-hydrogen) atoms. The van der Waals surface area contributed by atoms with E-state index in [0.717, 1.165) is 95.6 Å². The number of halogens is 3. The van der Waals surface area contributed by atoms with Crippen molar-refractivity contribution in [2.45, 2.75) is 197 Å². The molecule has 0 fully saturated rings. The van der Waals surface area contributed by atoms with Gasteiger partial charge in [0.05, 0.1) is 63.2 Å². The molecule has 0 atom stereocenters. The first-order chi connectivity index (χ1) is 41.9. The molecule has 0 saturated carbocycles. The lowest BCUT2D eigenvalue weighted by molar-refractivity contribution is -0.156. The number of Topliss-reactive ketones (excluding diaryl/α,β-unsaturated/α-hetero) is 1. The number of carbonyl (C=O) groups is 4. The monoisotopic (exact) mass is 1280 g/mol. The van der Waals surface area contributed by atoms with E-state index >= 15 is 0 Å². The summed E-state index contributed by atoms with van der Waals surface area (Å²) in [6.07, 6.45) is 6.70. The number of ether oxygens (including phenoxy) is 6. The average Bonchev–Trinajstić information content (AvgIpc) is 3.25. The van der Waals surface area contributed by atoms with E-state index < -0.39 is 22.9 Å². The normalized spacial score (nSPS) is 12.1. The molecule has 4 heterocycles. The highest BCUT2D eigenvalue weighted by Gasteiger charge is 2.24. The van der Waals surface area contributed by atoms with Gasteiger partial charge in [-0.05, 0) is 171 Å². The Morgan fingerprint density at radius 1 is 0.506 bits per heavy atom. The summed E-state index contributed by atoms with van der Waals surface area (Å²) in [5.74, 6) is 3.00. The molecule has 0 spiro atoms. The van der Waals surface area contributed by atoms with Gasteiger partial charge in [0, 0.05) is 68.8 Å². The molecule has 0 radical (unpaired) electrons. The van der Waals surface area contributed by atoms with Crippen LogP contribution in [0.4, 0.5) is 17.3 Å². The molecule has 20 nitrogen and oxygen atoms in total. The van der Waals surface area contributed by atoms with Gasteiger partial charge >= 0.3 is 11.9 Å². The molecule has 1 amide bonds. The largest absolute Gasteiger partial charge is 0.491 e. The number of amides is 1. The number of aromatic nitrogens is 6. The molecule has 8 rings (SSSR count). The van der Waals surface area contributed by atoms with Crippen LogP contribution in [0.15, 0.2) is 72.8 Å². The highest BCUT2D eigenvalue weighted by atomic mass is 35.5. The maximum atomic E-state index is 11.7. The summed E-state index contributed by atoms with van der Waals surface area (Å²) < 4.78 is 33.1. The van der Waals surface area contributed by atoms with Crippen molar-refractivity contribution in [3.05, 3.63) is 99.5 Å². The second kappa shape index (κ2) is 34.5. The molecule has 0 bridgehead atoms. The molecule has 482 valence electrons. The van der Waals surface area contributed by atoms with E-state index in [-0.39, 0.29) is 53.1 Å². The van der Waals surface area contributed by atoms with E-state index in [4.69, 9.17) is 73.9 Å². The summed E-state index contributed by atoms with van der Waals surface area (Å²) in [5.41, 5.74) is 11.6. The van der Waals surface area contributed by atoms with Crippen LogP contribution in [0.2, 0.25) is 15.5 Å². The fourth-order valence-corrected chi connectivity index (χ4v) is 8.93. The lowest BCUT2D eigenvalue weighted by atomic mass is 10.0. The fraction of sp³-hybridized carbons (Fsp3) is 0.485. The van der Waals surface area contributed by atoms with E-state index in [2.05, 4.69) is 40.9 Å². The van der Waals surface area contributed by atoms with Crippen LogP contribution in [-0.4, -0.2) is 102 Å². The molecular formula is C66H87Cl3N10O10. The van der Waals surface area contributed by atoms with E-state index in [1.54, 1.807) is 12.1 Å². The van der Waals surface area contributed by atoms with Crippen LogP contribution in [0.5, 0.6) is 23.0 Å². The van der Waals surface area contributed by atoms with Crippen LogP contribution in [0, 0.1) is 0 Å². The van der Waals surface area contributed by atoms with Gasteiger partial charge in [0.2, 0.25) is 5.78 Å². The summed E-state index contributed by atoms with van der Waals surface area (Å²) in [6.45, 7) is 28.8. The van der Waals surface area contributed by atoms with E-state index in [9.17, 15) is 19.2 Å². The summed E-state index contributed by atoms with van der Waals surface area (Å²) in [5, 5.41) is 9.88. The zero-order chi connectivity index (χ0) is 65.6. The third kappa shape index (κ3) is 25.9. The minimum Gasteiger partial charge on any atom is -0.491 e. The minimum atomic E-state index is -0.547. The molecule has 23 heteroatoms. The molecule has 0 aliphatic carbocycles. The number of fused-ring (bicyclic) bond motifs is 4. The van der Waals surface area contributed by atoms with Gasteiger partial charge in [-0.3, -0.25) is 19.2 Å². The first-order valence-corrected chi connectivity index (χ1v) is 31.2. The second-order valence-corrected chi connectivity index (χ2v) is 25.1. The number of nitrogens with zero attached hydrogens (tertiary/aromatic N) is 6. The number of hydrogen-bond acceptors (Lipinski definition) is 19. The minimum absolute atomic E-state index is 0.0824. The molecule has 0 unspecified atom stereocenters. The van der Waals surface area contributed by atoms with Gasteiger partial charge in [0.25, 0.3) is 5.91 Å². The van der Waals surface area contributed by atoms with Crippen molar-refractivity contribution >= 4 is 109 Å². The molecule has 1 aliphatic heterocycles. The Hall–Kier alpha value is -7.39. The SMILES string of the molecule is CC(C)Oc1ccc2c(c1)NC(=O)C(=O)C2.CC(C)Oc1ccc2nc(CN)c(NCCCCCC(=O)OC(C)(C)C)nc2c1.CC(C)Oc1ccc2nc(Cl)c(Cl)nc2c1.CC(C)Oc1ccc2nc(Cl)c(NCCCCCC(=O)OC(C)(C)C)nc2c1. The number of nitrogens with two attached hydrogens (primary N) is 1. The number of esters is 2. The number of rotatable bonds is 23. The topological polar surface area (TPSA) is 263 Å². The second-order valence-electron chi connectivity index (χ2n) is 24.0. The Kier molecular flexibility index (Phi) is 28.1. The van der Waals surface area contributed by atoms with Crippen molar-refractivity contribution in [1.82, 2.24) is 29.9 Å². The van der Waals surface area contributed by atoms with Gasteiger partial charge in [-0.15, -0.1) is 0 Å². The lowest BCUT2D eigenvalue weighted by Gasteiger charge is -2.19. The van der Waals surface area contributed by atoms with Crippen molar-refractivity contribution < 1.29 is 47.6 Å². The van der Waals surface area contributed by atoms with Crippen LogP contribution < -0.4 is 40.6 Å². The van der Waals surface area contributed by atoms with Crippen LogP contribution in [0.1, 0.15) is 160 Å². The fourth-order valence-electron chi connectivity index (χ4n) is 8.46. The maximum Gasteiger partial charge on any atom is 0.306 e. The van der Waals surface area contributed by atoms with Crippen molar-refractivity contribution in [2.24, 2.45) is 5.73 Å². The standard InChI is InChI=1S/C22H34N4O3.C21H30ClN3O3.C12H13NO3.C11H10Cl2N2O/c1-15(2)28-16-10-11-17-18(13-16)26-21(19(14-23)25-17)24-12-8-6-7-9-20(27)29-22(3,4)5;1-14(2)27-15-10-11-16-17(13-15)25-20(19(22)24-16)23-12-8-6-7-9-18(26)28-21(3,4)5;1-7(2)16-9-4-3-8-5-11(14)12(15)13-10(8)6-9;1-6(2)16-7-3-4-8-9(5-7)15-11(13)10(12)14-8/h10-11,13,15H,6-9,12,14,23H2,1-5H3,(H,24,26);10-11,13-14H,6-9,12H2,1-5H3,(H,23,25);3-4,6-7H,5H2,1-2H3,(H,13,15);3-6H,1-2H3. The van der Waals surface area contributed by atoms with Gasteiger partial charge in [0.1, 0.15) is 40.0 Å². The van der Waals surface area contributed by atoms with Gasteiger partial charge in [-0.25, -0.2) is 29.9 Å². The van der Waals surface area contributed by atoms with E-state index in [1.165, 1.54) is 0 Å². The molecule has 5 N–H and O–H groups in total. The van der Waals surface area contributed by atoms with Crippen LogP contribution in [0.25, 0.3) is 33.1 Å². The van der Waals surface area contributed by atoms with Crippen molar-refractivity contribution in [2.75, 3.05) is 29.0 Å². The third-order valence-corrected chi connectivity index (χ3v) is 12.9. The van der Waals surface area contributed by atoms with E-state index in [0.29, 0.717) is 65.2 Å². The Morgan fingerprint density at radius 3 is 1.33 bits per heavy atom. The van der Waals surface area contributed by atoms with Crippen LogP contribution >= 0.6 is 34.8 Å². The van der Waals surface area contributed by atoms with Gasteiger partial charge in [-0.2, -0.15) is 0 Å². The number of hydrogen-bond donors (Lipinski definition) is 4. The Labute approximate surface area is 537 Å². The Morgan fingerprint density at radius 2 is 0.888 bits per heavy atom. The number of anilines is 3. The highest BCUT2D eigenvalue weighted by Crippen LogP contribution is 2.29. The van der Waals surface area contributed by atoms with Gasteiger partial charge in [-0.1, -0.05) is 53.7 Å². The average molecular weight is 1290 g/mol. The number of benzene rings is 4. The first-order valence-electron chi connectivity index (χ1n) is 30.1. The number of carbonyl (C=O) groups excluding carboxylic acids is 4. The van der Waals surface area contributed by atoms with Gasteiger partial charge < -0.3 is 50.1 Å². The molecule has 1 aliphatic rings. The van der Waals surface area contributed by atoms with Crippen molar-refractivity contribution in [3.8, 4) is 23.0 Å². The van der Waals surface area contributed by atoms with Gasteiger partial charge in [0.15, 0.2) is 21.3 Å². The van der Waals surface area contributed by atoms with Crippen molar-refractivity contribution in [1.29, 1.82) is 0 Å². The molecule has 4 aromatic carbocycles. The number of nitrogens with one attached hydrogen (secondary N) is 3. The predicted molar refractivity (Wildman–Crippen MR) is 354 cm³/mol. The maximum absolute atomic E-state index is 11.7. The third-order valence-electron chi connectivity index (χ3n) is 12.0. The zero-order valence-electron chi connectivity index (χ0n) is 53.7. The highest BCUT2D eigenvalue weighted by molar-refractivity contribution is 6.42. The number of ketones is 1. The van der Waals surface area contributed by atoms with E-state index in [1.807, 2.05) is 158 Å². The zero-order valence-corrected chi connectivity index (χ0v) is 56.0. The Bertz CT molecular complexity index is 3500. The predicted octanol–water partition coefficient (Wildman–Crippen LogP) is 14.8. The first kappa shape index (κ1) is 72.4.